The Bertz CT molecular complexity index is 698. The molecule has 0 aliphatic heterocycles. The summed E-state index contributed by atoms with van der Waals surface area (Å²) in [5.74, 6) is 0.415. The van der Waals surface area contributed by atoms with Gasteiger partial charge < -0.3 is 19.7 Å². The van der Waals surface area contributed by atoms with Crippen LogP contribution in [0.5, 0.6) is 17.2 Å². The van der Waals surface area contributed by atoms with E-state index in [1.807, 2.05) is 0 Å². The molecule has 5 heteroatoms. The second-order valence-corrected chi connectivity index (χ2v) is 9.44. The highest BCUT2D eigenvalue weighted by atomic mass is 16.7. The van der Waals surface area contributed by atoms with Crippen molar-refractivity contribution in [3.05, 3.63) is 16.7 Å². The number of phenolic OH excluding ortho intramolecular Hbond substituents is 1. The predicted molar refractivity (Wildman–Crippen MR) is 141 cm³/mol. The van der Waals surface area contributed by atoms with Gasteiger partial charge in [-0.1, -0.05) is 91.9 Å². The summed E-state index contributed by atoms with van der Waals surface area (Å²) in [6, 6.07) is 0. The van der Waals surface area contributed by atoms with E-state index in [4.69, 9.17) is 9.47 Å². The molecule has 0 atom stereocenters. The lowest BCUT2D eigenvalue weighted by Gasteiger charge is -2.24. The van der Waals surface area contributed by atoms with Gasteiger partial charge in [0, 0.05) is 11.1 Å². The average molecular weight is 479 g/mol. The van der Waals surface area contributed by atoms with E-state index in [0.717, 1.165) is 101 Å². The number of hydrogen-bond acceptors (Lipinski definition) is 4. The molecule has 34 heavy (non-hydrogen) atoms. The molecule has 0 heterocycles. The van der Waals surface area contributed by atoms with Crippen molar-refractivity contribution in [3.8, 4) is 17.2 Å². The molecule has 0 aliphatic carbocycles. The van der Waals surface area contributed by atoms with Crippen molar-refractivity contribution in [2.45, 2.75) is 137 Å². The second kappa shape index (κ2) is 18.4. The number of rotatable bonds is 20. The lowest BCUT2D eigenvalue weighted by molar-refractivity contribution is 0.140. The van der Waals surface area contributed by atoms with Crippen molar-refractivity contribution in [2.75, 3.05) is 6.61 Å². The molecule has 0 amide bonds. The summed E-state index contributed by atoms with van der Waals surface area (Å²) in [5, 5.41) is 20.7. The zero-order valence-electron chi connectivity index (χ0n) is 22.3. The van der Waals surface area contributed by atoms with Crippen LogP contribution in [0, 0.1) is 0 Å². The smallest absolute Gasteiger partial charge is 0.504 e. The number of hydrogen-bond donors (Lipinski definition) is 2. The molecule has 0 bridgehead atoms. The molecule has 1 rings (SSSR count). The van der Waals surface area contributed by atoms with Gasteiger partial charge in [-0.05, 0) is 50.5 Å². The van der Waals surface area contributed by atoms with Crippen LogP contribution < -0.4 is 9.47 Å². The largest absolute Gasteiger partial charge is 0.511 e. The monoisotopic (exact) mass is 478 g/mol. The Hall–Kier alpha value is -1.91. The molecule has 5 nitrogen and oxygen atoms in total. The van der Waals surface area contributed by atoms with Gasteiger partial charge >= 0.3 is 6.16 Å². The standard InChI is InChI=1S/C29H50O5/c1-5-9-13-16-19-23-24(20-17-14-10-6-2)26(30)28(34-29(31)32)27(33-22-12-8-4)25(23)21-18-15-11-7-3/h30H,5-22H2,1-4H3,(H,31,32). The minimum absolute atomic E-state index is 0.00288. The van der Waals surface area contributed by atoms with E-state index >= 15 is 0 Å². The maximum absolute atomic E-state index is 11.6. The first-order valence-electron chi connectivity index (χ1n) is 13.9. The number of carbonyl (C=O) groups is 1. The second-order valence-electron chi connectivity index (χ2n) is 9.44. The molecule has 0 saturated heterocycles. The summed E-state index contributed by atoms with van der Waals surface area (Å²) in [5.41, 5.74) is 3.10. The fourth-order valence-electron chi connectivity index (χ4n) is 4.52. The Morgan fingerprint density at radius 1 is 0.618 bits per heavy atom. The van der Waals surface area contributed by atoms with Gasteiger partial charge in [0.2, 0.25) is 5.75 Å². The average Bonchev–Trinajstić information content (AvgIpc) is 2.81. The molecule has 0 aromatic heterocycles. The Balaban J connectivity index is 3.52. The highest BCUT2D eigenvalue weighted by Gasteiger charge is 2.27. The Kier molecular flexibility index (Phi) is 16.3. The van der Waals surface area contributed by atoms with Crippen LogP contribution in [-0.2, 0) is 19.3 Å². The van der Waals surface area contributed by atoms with Gasteiger partial charge in [-0.2, -0.15) is 0 Å². The predicted octanol–water partition coefficient (Wildman–Crippen LogP) is 9.00. The Labute approximate surface area is 208 Å². The molecule has 0 saturated carbocycles. The molecule has 1 aromatic rings. The minimum atomic E-state index is -1.42. The fraction of sp³-hybridized carbons (Fsp3) is 0.759. The van der Waals surface area contributed by atoms with E-state index in [1.165, 1.54) is 24.8 Å². The maximum atomic E-state index is 11.6. The van der Waals surface area contributed by atoms with Crippen LogP contribution in [0.15, 0.2) is 0 Å². The third-order valence-corrected chi connectivity index (χ3v) is 6.48. The van der Waals surface area contributed by atoms with Crippen molar-refractivity contribution in [3.63, 3.8) is 0 Å². The zero-order valence-corrected chi connectivity index (χ0v) is 22.3. The number of carboxylic acid groups (broad SMARTS) is 1. The van der Waals surface area contributed by atoms with Gasteiger partial charge in [0.05, 0.1) is 6.61 Å². The molecule has 2 N–H and O–H groups in total. The maximum Gasteiger partial charge on any atom is 0.511 e. The SMILES string of the molecule is CCCCCCc1c(O)c(OC(=O)O)c(OCCCC)c(CCCCCC)c1CCCCCC. The first-order valence-corrected chi connectivity index (χ1v) is 13.9. The van der Waals surface area contributed by atoms with Gasteiger partial charge in [0.1, 0.15) is 0 Å². The van der Waals surface area contributed by atoms with E-state index in [0.29, 0.717) is 12.4 Å². The lowest BCUT2D eigenvalue weighted by Crippen LogP contribution is -2.12. The summed E-state index contributed by atoms with van der Waals surface area (Å²) >= 11 is 0. The molecule has 196 valence electrons. The molecule has 0 fully saturated rings. The first kappa shape index (κ1) is 30.1. The highest BCUT2D eigenvalue weighted by molar-refractivity contribution is 5.70. The van der Waals surface area contributed by atoms with Gasteiger partial charge in [-0.3, -0.25) is 0 Å². The van der Waals surface area contributed by atoms with Crippen LogP contribution in [-0.4, -0.2) is 23.0 Å². The molecular weight excluding hydrogens is 428 g/mol. The summed E-state index contributed by atoms with van der Waals surface area (Å²) in [7, 11) is 0. The molecule has 0 radical (unpaired) electrons. The quantitative estimate of drug-likeness (QED) is 0.111. The van der Waals surface area contributed by atoms with Gasteiger partial charge in [0.15, 0.2) is 11.5 Å². The first-order chi connectivity index (χ1) is 16.5. The van der Waals surface area contributed by atoms with E-state index in [1.54, 1.807) is 0 Å². The normalized spacial score (nSPS) is 11.1. The van der Waals surface area contributed by atoms with Crippen molar-refractivity contribution in [1.82, 2.24) is 0 Å². The van der Waals surface area contributed by atoms with Gasteiger partial charge in [-0.25, -0.2) is 4.79 Å². The number of aromatic hydroxyl groups is 1. The number of unbranched alkanes of at least 4 members (excludes halogenated alkanes) is 10. The van der Waals surface area contributed by atoms with Crippen LogP contribution >= 0.6 is 0 Å². The number of ether oxygens (including phenoxy) is 2. The number of benzene rings is 1. The molecule has 0 unspecified atom stereocenters. The van der Waals surface area contributed by atoms with Crippen molar-refractivity contribution >= 4 is 6.16 Å². The molecule has 0 aliphatic rings. The van der Waals surface area contributed by atoms with Crippen molar-refractivity contribution in [2.24, 2.45) is 0 Å². The van der Waals surface area contributed by atoms with Gasteiger partial charge in [0.25, 0.3) is 0 Å². The van der Waals surface area contributed by atoms with Crippen molar-refractivity contribution in [1.29, 1.82) is 0 Å². The summed E-state index contributed by atoms with van der Waals surface area (Å²) in [6.07, 6.45) is 16.3. The highest BCUT2D eigenvalue weighted by Crippen LogP contribution is 2.47. The van der Waals surface area contributed by atoms with Crippen molar-refractivity contribution < 1.29 is 24.5 Å². The van der Waals surface area contributed by atoms with E-state index in [-0.39, 0.29) is 11.5 Å². The van der Waals surface area contributed by atoms with Crippen LogP contribution in [0.4, 0.5) is 4.79 Å². The summed E-state index contributed by atoms with van der Waals surface area (Å²) in [4.78, 5) is 11.6. The van der Waals surface area contributed by atoms with E-state index in [9.17, 15) is 15.0 Å². The topological polar surface area (TPSA) is 76.0 Å². The zero-order chi connectivity index (χ0) is 25.2. The summed E-state index contributed by atoms with van der Waals surface area (Å²) in [6.45, 7) is 9.18. The third kappa shape index (κ3) is 10.6. The fourth-order valence-corrected chi connectivity index (χ4v) is 4.52. The van der Waals surface area contributed by atoms with Crippen LogP contribution in [0.25, 0.3) is 0 Å². The Morgan fingerprint density at radius 2 is 1.09 bits per heavy atom. The minimum Gasteiger partial charge on any atom is -0.504 e. The Morgan fingerprint density at radius 3 is 1.56 bits per heavy atom. The van der Waals surface area contributed by atoms with E-state index < -0.39 is 6.16 Å². The lowest BCUT2D eigenvalue weighted by atomic mass is 9.88. The van der Waals surface area contributed by atoms with Crippen LogP contribution in [0.1, 0.15) is 134 Å². The summed E-state index contributed by atoms with van der Waals surface area (Å²) < 4.78 is 11.3. The molecule has 0 spiro atoms. The van der Waals surface area contributed by atoms with Crippen LogP contribution in [0.2, 0.25) is 0 Å². The third-order valence-electron chi connectivity index (χ3n) is 6.48. The van der Waals surface area contributed by atoms with Gasteiger partial charge in [-0.15, -0.1) is 0 Å². The molecule has 1 aromatic carbocycles. The number of phenols is 1. The molecular formula is C29H50O5. The van der Waals surface area contributed by atoms with Crippen LogP contribution in [0.3, 0.4) is 0 Å². The van der Waals surface area contributed by atoms with E-state index in [2.05, 4.69) is 27.7 Å².